The number of hydrogen-bond donors (Lipinski definition) is 0. The molecule has 0 amide bonds. The third kappa shape index (κ3) is 7.85. The van der Waals surface area contributed by atoms with Crippen LogP contribution in [0.15, 0.2) is 93.3 Å². The highest BCUT2D eigenvalue weighted by molar-refractivity contribution is 7.14. The summed E-state index contributed by atoms with van der Waals surface area (Å²) in [5.41, 5.74) is 1.57. The van der Waals surface area contributed by atoms with Gasteiger partial charge in [0.2, 0.25) is 0 Å². The molecule has 174 valence electrons. The molecule has 0 N–H and O–H groups in total. The Bertz CT molecular complexity index is 1510. The maximum Gasteiger partial charge on any atom is 0.0772 e. The minimum Gasteiger partial charge on any atom is -0.136 e. The molecule has 0 fully saturated rings. The average Bonchev–Trinajstić information content (AvgIpc) is 3.75. The maximum absolute atomic E-state index is 3.26. The molecule has 37 heavy (non-hydrogen) atoms. The van der Waals surface area contributed by atoms with E-state index in [1.807, 2.05) is 70.1 Å². The van der Waals surface area contributed by atoms with Crippen molar-refractivity contribution in [3.05, 3.63) is 123 Å². The summed E-state index contributed by atoms with van der Waals surface area (Å²) in [6.07, 6.45) is 4.11. The number of thiophene rings is 5. The molecular formula is C32H16S5. The van der Waals surface area contributed by atoms with Crippen LogP contribution in [0.1, 0.15) is 29.3 Å². The van der Waals surface area contributed by atoms with E-state index in [2.05, 4.69) is 71.6 Å². The van der Waals surface area contributed by atoms with E-state index >= 15 is 0 Å². The van der Waals surface area contributed by atoms with Gasteiger partial charge in [0.25, 0.3) is 0 Å². The van der Waals surface area contributed by atoms with Crippen molar-refractivity contribution in [3.8, 4) is 47.4 Å². The second kappa shape index (κ2) is 13.0. The number of hydrogen-bond acceptors (Lipinski definition) is 5. The first-order valence-electron chi connectivity index (χ1n) is 11.1. The number of allylic oxidation sites excluding steroid dienone is 2. The molecule has 0 bridgehead atoms. The summed E-state index contributed by atoms with van der Waals surface area (Å²) in [5, 5.41) is 8.12. The fourth-order valence-electron chi connectivity index (χ4n) is 2.93. The molecule has 0 nitrogen and oxygen atoms in total. The van der Waals surface area contributed by atoms with Gasteiger partial charge in [-0.1, -0.05) is 71.6 Å². The summed E-state index contributed by atoms with van der Waals surface area (Å²) in [5.74, 6) is 26.0. The predicted molar refractivity (Wildman–Crippen MR) is 165 cm³/mol. The standard InChI is InChI=1S/C32H16S5/c1-5-27(33-19-1)13-9-25(10-14-28-6-2-20-34-28)23-31-17-18-32(37-31)24-26(11-15-29-7-3-21-35-29)12-16-30-8-4-22-36-30/h1-8,17-24H. The van der Waals surface area contributed by atoms with Crippen molar-refractivity contribution >= 4 is 68.8 Å². The first-order valence-corrected chi connectivity index (χ1v) is 15.4. The van der Waals surface area contributed by atoms with Crippen LogP contribution < -0.4 is 0 Å². The summed E-state index contributed by atoms with van der Waals surface area (Å²) in [6.45, 7) is 0. The van der Waals surface area contributed by atoms with Crippen LogP contribution in [0, 0.1) is 47.4 Å². The van der Waals surface area contributed by atoms with Crippen molar-refractivity contribution in [1.82, 2.24) is 0 Å². The molecule has 0 aliphatic rings. The van der Waals surface area contributed by atoms with Gasteiger partial charge in [-0.05, 0) is 70.1 Å². The Morgan fingerprint density at radius 1 is 0.459 bits per heavy atom. The third-order valence-electron chi connectivity index (χ3n) is 4.59. The van der Waals surface area contributed by atoms with Gasteiger partial charge in [-0.25, -0.2) is 0 Å². The molecule has 0 saturated carbocycles. The first kappa shape index (κ1) is 24.9. The van der Waals surface area contributed by atoms with E-state index in [1.165, 1.54) is 0 Å². The molecule has 0 spiro atoms. The quantitative estimate of drug-likeness (QED) is 0.189. The zero-order valence-corrected chi connectivity index (χ0v) is 23.4. The first-order chi connectivity index (χ1) is 18.3. The van der Waals surface area contributed by atoms with Crippen LogP contribution in [0.2, 0.25) is 0 Å². The van der Waals surface area contributed by atoms with Gasteiger partial charge in [0, 0.05) is 9.75 Å². The Kier molecular flexibility index (Phi) is 8.72. The Balaban J connectivity index is 1.45. The molecule has 5 aromatic heterocycles. The van der Waals surface area contributed by atoms with E-state index in [4.69, 9.17) is 0 Å². The van der Waals surface area contributed by atoms with Gasteiger partial charge in [-0.3, -0.25) is 0 Å². The predicted octanol–water partition coefficient (Wildman–Crippen LogP) is 8.97. The molecule has 0 aliphatic carbocycles. The molecule has 0 atom stereocenters. The van der Waals surface area contributed by atoms with Crippen LogP contribution >= 0.6 is 56.7 Å². The topological polar surface area (TPSA) is 0 Å². The van der Waals surface area contributed by atoms with Gasteiger partial charge in [0.15, 0.2) is 0 Å². The zero-order valence-electron chi connectivity index (χ0n) is 19.3. The lowest BCUT2D eigenvalue weighted by Gasteiger charge is -1.90. The molecule has 0 unspecified atom stereocenters. The van der Waals surface area contributed by atoms with Crippen LogP contribution in [-0.2, 0) is 0 Å². The van der Waals surface area contributed by atoms with Crippen molar-refractivity contribution in [3.63, 3.8) is 0 Å². The molecule has 0 radical (unpaired) electrons. The van der Waals surface area contributed by atoms with Crippen LogP contribution in [0.5, 0.6) is 0 Å². The minimum absolute atomic E-state index is 0.786. The highest BCUT2D eigenvalue weighted by Crippen LogP contribution is 2.22. The van der Waals surface area contributed by atoms with E-state index in [-0.39, 0.29) is 0 Å². The number of rotatable bonds is 2. The van der Waals surface area contributed by atoms with Gasteiger partial charge >= 0.3 is 0 Å². The smallest absolute Gasteiger partial charge is 0.0772 e. The van der Waals surface area contributed by atoms with E-state index in [1.54, 1.807) is 56.7 Å². The van der Waals surface area contributed by atoms with Crippen LogP contribution in [0.4, 0.5) is 0 Å². The summed E-state index contributed by atoms with van der Waals surface area (Å²) < 4.78 is 0. The van der Waals surface area contributed by atoms with Crippen molar-refractivity contribution in [1.29, 1.82) is 0 Å². The molecule has 5 aromatic rings. The Hall–Kier alpha value is -3.78. The summed E-state index contributed by atoms with van der Waals surface area (Å²) in [4.78, 5) is 6.26. The lowest BCUT2D eigenvalue weighted by molar-refractivity contribution is 1.84. The van der Waals surface area contributed by atoms with Gasteiger partial charge in [-0.2, -0.15) is 0 Å². The van der Waals surface area contributed by atoms with Crippen LogP contribution in [0.25, 0.3) is 12.2 Å². The second-order valence-electron chi connectivity index (χ2n) is 7.27. The largest absolute Gasteiger partial charge is 0.136 e. The SMILES string of the molecule is C(#Cc1cccs1)C(C#Cc1cccs1)=Cc1ccc(C=C(C#Cc2cccs2)C#Cc2cccs2)s1. The normalized spacial score (nSPS) is 9.30. The summed E-state index contributed by atoms with van der Waals surface area (Å²) >= 11 is 8.18. The highest BCUT2D eigenvalue weighted by Gasteiger charge is 2.00. The fraction of sp³-hybridized carbons (Fsp3) is 0. The average molecular weight is 561 g/mol. The third-order valence-corrected chi connectivity index (χ3v) is 8.71. The minimum atomic E-state index is 0.786. The monoisotopic (exact) mass is 560 g/mol. The lowest BCUT2D eigenvalue weighted by atomic mass is 10.2. The Labute approximate surface area is 237 Å². The van der Waals surface area contributed by atoms with E-state index < -0.39 is 0 Å². The summed E-state index contributed by atoms with van der Waals surface area (Å²) in [6, 6.07) is 20.3. The lowest BCUT2D eigenvalue weighted by Crippen LogP contribution is -1.75. The Morgan fingerprint density at radius 3 is 1.05 bits per heavy atom. The van der Waals surface area contributed by atoms with E-state index in [0.29, 0.717) is 0 Å². The van der Waals surface area contributed by atoms with Gasteiger partial charge in [0.05, 0.1) is 30.7 Å². The van der Waals surface area contributed by atoms with Crippen LogP contribution in [-0.4, -0.2) is 0 Å². The molecule has 5 heterocycles. The maximum atomic E-state index is 3.26. The van der Waals surface area contributed by atoms with Crippen molar-refractivity contribution in [2.75, 3.05) is 0 Å². The van der Waals surface area contributed by atoms with Gasteiger partial charge in [0.1, 0.15) is 0 Å². The van der Waals surface area contributed by atoms with Crippen LogP contribution in [0.3, 0.4) is 0 Å². The molecule has 0 aliphatic heterocycles. The molecule has 5 heteroatoms. The fourth-order valence-corrected chi connectivity index (χ4v) is 6.11. The zero-order chi connectivity index (χ0) is 25.1. The van der Waals surface area contributed by atoms with E-state index in [0.717, 1.165) is 40.4 Å². The van der Waals surface area contributed by atoms with Crippen molar-refractivity contribution in [2.45, 2.75) is 0 Å². The molecular weight excluding hydrogens is 545 g/mol. The van der Waals surface area contributed by atoms with Gasteiger partial charge in [-0.15, -0.1) is 56.7 Å². The van der Waals surface area contributed by atoms with Crippen molar-refractivity contribution < 1.29 is 0 Å². The molecule has 0 aromatic carbocycles. The van der Waals surface area contributed by atoms with Crippen molar-refractivity contribution in [2.24, 2.45) is 0 Å². The summed E-state index contributed by atoms with van der Waals surface area (Å²) in [7, 11) is 0. The van der Waals surface area contributed by atoms with Gasteiger partial charge < -0.3 is 0 Å². The second-order valence-corrected chi connectivity index (χ2v) is 12.2. The molecule has 0 saturated heterocycles. The Morgan fingerprint density at radius 2 is 0.784 bits per heavy atom. The highest BCUT2D eigenvalue weighted by atomic mass is 32.1. The molecule has 5 rings (SSSR count). The van der Waals surface area contributed by atoms with E-state index in [9.17, 15) is 0 Å².